The molecule has 0 N–H and O–H groups in total. The SMILES string of the molecule is COc1ccc(C2(C)CCS2)cc1OC. The molecule has 1 aliphatic heterocycles. The number of methoxy groups -OCH3 is 2. The number of rotatable bonds is 3. The molecule has 0 radical (unpaired) electrons. The van der Waals surface area contributed by atoms with Gasteiger partial charge in [-0.3, -0.25) is 0 Å². The minimum atomic E-state index is 0.277. The fourth-order valence-electron chi connectivity index (χ4n) is 1.80. The van der Waals surface area contributed by atoms with Crippen LogP contribution >= 0.6 is 11.8 Å². The van der Waals surface area contributed by atoms with E-state index in [1.807, 2.05) is 17.8 Å². The van der Waals surface area contributed by atoms with Gasteiger partial charge in [0.25, 0.3) is 0 Å². The molecule has 0 aliphatic carbocycles. The highest BCUT2D eigenvalue weighted by molar-refractivity contribution is 8.01. The summed E-state index contributed by atoms with van der Waals surface area (Å²) < 4.78 is 10.8. The predicted octanol–water partition coefficient (Wildman–Crippen LogP) is 3.06. The Bertz CT molecular complexity index is 359. The van der Waals surface area contributed by atoms with E-state index >= 15 is 0 Å². The summed E-state index contributed by atoms with van der Waals surface area (Å²) in [5.41, 5.74) is 1.33. The average molecular weight is 224 g/mol. The van der Waals surface area contributed by atoms with Gasteiger partial charge < -0.3 is 9.47 Å². The number of hydrogen-bond acceptors (Lipinski definition) is 3. The molecule has 1 aromatic carbocycles. The van der Waals surface area contributed by atoms with Gasteiger partial charge in [-0.1, -0.05) is 6.07 Å². The lowest BCUT2D eigenvalue weighted by Gasteiger charge is -2.38. The van der Waals surface area contributed by atoms with Gasteiger partial charge in [-0.05, 0) is 36.8 Å². The molecule has 1 saturated heterocycles. The lowest BCUT2D eigenvalue weighted by Crippen LogP contribution is -2.27. The maximum atomic E-state index is 5.31. The Hall–Kier alpha value is -0.830. The quantitative estimate of drug-likeness (QED) is 0.786. The van der Waals surface area contributed by atoms with Crippen molar-refractivity contribution < 1.29 is 9.47 Å². The smallest absolute Gasteiger partial charge is 0.161 e. The Kier molecular flexibility index (Phi) is 2.83. The maximum absolute atomic E-state index is 5.31. The second-order valence-corrected chi connectivity index (χ2v) is 5.50. The zero-order valence-corrected chi connectivity index (χ0v) is 10.2. The Labute approximate surface area is 95.0 Å². The van der Waals surface area contributed by atoms with Crippen LogP contribution in [0.2, 0.25) is 0 Å². The highest BCUT2D eigenvalue weighted by Crippen LogP contribution is 2.50. The first-order valence-electron chi connectivity index (χ1n) is 5.06. The molecule has 2 nitrogen and oxygen atoms in total. The van der Waals surface area contributed by atoms with E-state index < -0.39 is 0 Å². The summed E-state index contributed by atoms with van der Waals surface area (Å²) in [4.78, 5) is 0. The van der Waals surface area contributed by atoms with Crippen molar-refractivity contribution in [2.24, 2.45) is 0 Å². The second kappa shape index (κ2) is 3.97. The summed E-state index contributed by atoms with van der Waals surface area (Å²) in [6.07, 6.45) is 1.24. The second-order valence-electron chi connectivity index (χ2n) is 3.90. The Morgan fingerprint density at radius 3 is 2.33 bits per heavy atom. The minimum Gasteiger partial charge on any atom is -0.493 e. The molecule has 15 heavy (non-hydrogen) atoms. The molecule has 0 amide bonds. The third kappa shape index (κ3) is 1.81. The summed E-state index contributed by atoms with van der Waals surface area (Å²) in [5.74, 6) is 2.88. The first-order chi connectivity index (χ1) is 7.19. The van der Waals surface area contributed by atoms with Gasteiger partial charge in [0.15, 0.2) is 11.5 Å². The zero-order valence-electron chi connectivity index (χ0n) is 9.37. The zero-order chi connectivity index (χ0) is 10.9. The molecule has 1 heterocycles. The van der Waals surface area contributed by atoms with Crippen LogP contribution in [0.4, 0.5) is 0 Å². The van der Waals surface area contributed by atoms with Crippen molar-refractivity contribution in [3.05, 3.63) is 23.8 Å². The molecule has 1 aliphatic rings. The molecular weight excluding hydrogens is 208 g/mol. The van der Waals surface area contributed by atoms with Gasteiger partial charge >= 0.3 is 0 Å². The van der Waals surface area contributed by atoms with Gasteiger partial charge in [0.1, 0.15) is 0 Å². The lowest BCUT2D eigenvalue weighted by molar-refractivity contribution is 0.354. The van der Waals surface area contributed by atoms with Crippen LogP contribution in [0.15, 0.2) is 18.2 Å². The summed E-state index contributed by atoms with van der Waals surface area (Å²) in [5, 5.41) is 0. The first kappa shape index (κ1) is 10.7. The molecule has 1 unspecified atom stereocenters. The van der Waals surface area contributed by atoms with Gasteiger partial charge in [-0.2, -0.15) is 11.8 Å². The largest absolute Gasteiger partial charge is 0.493 e. The fourth-order valence-corrected chi connectivity index (χ4v) is 2.91. The van der Waals surface area contributed by atoms with Crippen molar-refractivity contribution in [1.29, 1.82) is 0 Å². The summed E-state index contributed by atoms with van der Waals surface area (Å²) in [7, 11) is 3.34. The summed E-state index contributed by atoms with van der Waals surface area (Å²) >= 11 is 2.00. The normalized spacial score (nSPS) is 24.5. The summed E-state index contributed by atoms with van der Waals surface area (Å²) in [6, 6.07) is 6.21. The highest BCUT2D eigenvalue weighted by Gasteiger charge is 2.35. The lowest BCUT2D eigenvalue weighted by atomic mass is 9.96. The van der Waals surface area contributed by atoms with E-state index in [0.717, 1.165) is 11.5 Å². The Morgan fingerprint density at radius 2 is 1.87 bits per heavy atom. The molecule has 1 atom stereocenters. The van der Waals surface area contributed by atoms with Crippen LogP contribution < -0.4 is 9.47 Å². The topological polar surface area (TPSA) is 18.5 Å². The first-order valence-corrected chi connectivity index (χ1v) is 6.04. The number of benzene rings is 1. The molecule has 1 fully saturated rings. The van der Waals surface area contributed by atoms with Crippen molar-refractivity contribution in [3.8, 4) is 11.5 Å². The van der Waals surface area contributed by atoms with E-state index in [-0.39, 0.29) is 4.75 Å². The molecule has 3 heteroatoms. The van der Waals surface area contributed by atoms with E-state index in [4.69, 9.17) is 9.47 Å². The van der Waals surface area contributed by atoms with Crippen LogP contribution in [-0.2, 0) is 4.75 Å². The standard InChI is InChI=1S/C12H16O2S/c1-12(6-7-15-12)9-4-5-10(13-2)11(8-9)14-3/h4-5,8H,6-7H2,1-3H3. The van der Waals surface area contributed by atoms with Crippen LogP contribution in [0.5, 0.6) is 11.5 Å². The molecular formula is C12H16O2S. The van der Waals surface area contributed by atoms with Gasteiger partial charge in [0.05, 0.1) is 14.2 Å². The van der Waals surface area contributed by atoms with Crippen molar-refractivity contribution in [3.63, 3.8) is 0 Å². The number of ether oxygens (including phenoxy) is 2. The van der Waals surface area contributed by atoms with E-state index in [1.165, 1.54) is 17.7 Å². The Morgan fingerprint density at radius 1 is 1.20 bits per heavy atom. The van der Waals surface area contributed by atoms with Gasteiger partial charge in [-0.25, -0.2) is 0 Å². The van der Waals surface area contributed by atoms with Crippen LogP contribution in [0.3, 0.4) is 0 Å². The average Bonchev–Trinajstić information content (AvgIpc) is 2.25. The van der Waals surface area contributed by atoms with E-state index in [9.17, 15) is 0 Å². The molecule has 0 bridgehead atoms. The predicted molar refractivity (Wildman–Crippen MR) is 64.0 cm³/mol. The third-order valence-corrected chi connectivity index (χ3v) is 4.48. The molecule has 2 rings (SSSR count). The molecule has 0 spiro atoms. The summed E-state index contributed by atoms with van der Waals surface area (Å²) in [6.45, 7) is 2.28. The number of hydrogen-bond donors (Lipinski definition) is 0. The molecule has 0 saturated carbocycles. The highest BCUT2D eigenvalue weighted by atomic mass is 32.2. The Balaban J connectivity index is 2.34. The van der Waals surface area contributed by atoms with Crippen molar-refractivity contribution in [2.75, 3.05) is 20.0 Å². The van der Waals surface area contributed by atoms with E-state index in [2.05, 4.69) is 19.1 Å². The van der Waals surface area contributed by atoms with Crippen LogP contribution in [0.1, 0.15) is 18.9 Å². The van der Waals surface area contributed by atoms with E-state index in [0.29, 0.717) is 0 Å². The van der Waals surface area contributed by atoms with E-state index in [1.54, 1.807) is 14.2 Å². The van der Waals surface area contributed by atoms with Crippen molar-refractivity contribution >= 4 is 11.8 Å². The van der Waals surface area contributed by atoms with Gasteiger partial charge in [0.2, 0.25) is 0 Å². The van der Waals surface area contributed by atoms with Crippen molar-refractivity contribution in [1.82, 2.24) is 0 Å². The molecule has 82 valence electrons. The third-order valence-electron chi connectivity index (χ3n) is 2.99. The monoisotopic (exact) mass is 224 g/mol. The molecule has 1 aromatic rings. The van der Waals surface area contributed by atoms with Crippen LogP contribution in [-0.4, -0.2) is 20.0 Å². The number of thioether (sulfide) groups is 1. The maximum Gasteiger partial charge on any atom is 0.161 e. The molecule has 0 aromatic heterocycles. The van der Waals surface area contributed by atoms with Gasteiger partial charge in [0, 0.05) is 4.75 Å². The van der Waals surface area contributed by atoms with Crippen molar-refractivity contribution in [2.45, 2.75) is 18.1 Å². The minimum absolute atomic E-state index is 0.277. The fraction of sp³-hybridized carbons (Fsp3) is 0.500. The van der Waals surface area contributed by atoms with Crippen LogP contribution in [0, 0.1) is 0 Å². The van der Waals surface area contributed by atoms with Crippen LogP contribution in [0.25, 0.3) is 0 Å². The van der Waals surface area contributed by atoms with Gasteiger partial charge in [-0.15, -0.1) is 0 Å².